The number of aliphatic hydroxyl groups is 2. The molecule has 1 unspecified atom stereocenters. The van der Waals surface area contributed by atoms with Crippen LogP contribution in [0.1, 0.15) is 18.9 Å². The minimum atomic E-state index is -0.895. The molecule has 0 saturated carbocycles. The molecule has 4 N–H and O–H groups in total. The lowest BCUT2D eigenvalue weighted by Crippen LogP contribution is -2.35. The fourth-order valence-corrected chi connectivity index (χ4v) is 1.26. The first-order valence-electron chi connectivity index (χ1n) is 5.33. The maximum atomic E-state index is 9.67. The molecular weight excluding hydrogens is 206 g/mol. The molecule has 0 spiro atoms. The van der Waals surface area contributed by atoms with E-state index in [9.17, 15) is 5.11 Å². The van der Waals surface area contributed by atoms with Crippen LogP contribution in [0.15, 0.2) is 24.3 Å². The SMILES string of the molecule is CC(O)(CN)CCOc1ccccc1CO. The molecule has 4 nitrogen and oxygen atoms in total. The van der Waals surface area contributed by atoms with Crippen LogP contribution >= 0.6 is 0 Å². The minimum absolute atomic E-state index is 0.0521. The third-order valence-electron chi connectivity index (χ3n) is 2.48. The molecule has 1 rings (SSSR count). The highest BCUT2D eigenvalue weighted by molar-refractivity contribution is 5.32. The average molecular weight is 225 g/mol. The van der Waals surface area contributed by atoms with Gasteiger partial charge in [0, 0.05) is 18.5 Å². The Morgan fingerprint density at radius 3 is 2.69 bits per heavy atom. The van der Waals surface area contributed by atoms with E-state index in [-0.39, 0.29) is 13.2 Å². The summed E-state index contributed by atoms with van der Waals surface area (Å²) in [5, 5.41) is 18.7. The Bertz CT molecular complexity index is 326. The third-order valence-corrected chi connectivity index (χ3v) is 2.48. The van der Waals surface area contributed by atoms with Gasteiger partial charge in [-0.2, -0.15) is 0 Å². The minimum Gasteiger partial charge on any atom is -0.493 e. The van der Waals surface area contributed by atoms with E-state index in [1.165, 1.54) is 0 Å². The summed E-state index contributed by atoms with van der Waals surface area (Å²) in [6, 6.07) is 7.28. The molecule has 0 aliphatic carbocycles. The van der Waals surface area contributed by atoms with Crippen LogP contribution in [0.25, 0.3) is 0 Å². The number of ether oxygens (including phenoxy) is 1. The number of aliphatic hydroxyl groups excluding tert-OH is 1. The summed E-state index contributed by atoms with van der Waals surface area (Å²) < 4.78 is 5.49. The highest BCUT2D eigenvalue weighted by Gasteiger charge is 2.17. The summed E-state index contributed by atoms with van der Waals surface area (Å²) in [5.74, 6) is 0.651. The van der Waals surface area contributed by atoms with Gasteiger partial charge in [-0.3, -0.25) is 0 Å². The van der Waals surface area contributed by atoms with Crippen LogP contribution in [0.5, 0.6) is 5.75 Å². The van der Waals surface area contributed by atoms with Crippen LogP contribution in [0, 0.1) is 0 Å². The second-order valence-corrected chi connectivity index (χ2v) is 4.07. The molecule has 0 bridgehead atoms. The Kier molecular flexibility index (Phi) is 4.73. The number of benzene rings is 1. The molecule has 0 aromatic heterocycles. The van der Waals surface area contributed by atoms with Gasteiger partial charge in [-0.25, -0.2) is 0 Å². The Morgan fingerprint density at radius 1 is 1.38 bits per heavy atom. The normalized spacial score (nSPS) is 14.5. The van der Waals surface area contributed by atoms with Crippen LogP contribution in [-0.4, -0.2) is 29.0 Å². The van der Waals surface area contributed by atoms with E-state index >= 15 is 0 Å². The van der Waals surface area contributed by atoms with E-state index in [0.29, 0.717) is 18.8 Å². The second-order valence-electron chi connectivity index (χ2n) is 4.07. The van der Waals surface area contributed by atoms with Crippen LogP contribution in [-0.2, 0) is 6.61 Å². The molecule has 16 heavy (non-hydrogen) atoms. The van der Waals surface area contributed by atoms with Gasteiger partial charge in [0.2, 0.25) is 0 Å². The van der Waals surface area contributed by atoms with Gasteiger partial charge in [0.15, 0.2) is 0 Å². The molecule has 90 valence electrons. The van der Waals surface area contributed by atoms with Crippen molar-refractivity contribution in [3.63, 3.8) is 0 Å². The number of para-hydroxylation sites is 1. The highest BCUT2D eigenvalue weighted by atomic mass is 16.5. The predicted octanol–water partition coefficient (Wildman–Crippen LogP) is 0.657. The Morgan fingerprint density at radius 2 is 2.06 bits per heavy atom. The Hall–Kier alpha value is -1.10. The van der Waals surface area contributed by atoms with Gasteiger partial charge < -0.3 is 20.7 Å². The van der Waals surface area contributed by atoms with E-state index in [1.54, 1.807) is 19.1 Å². The maximum absolute atomic E-state index is 9.67. The first-order chi connectivity index (χ1) is 7.59. The quantitative estimate of drug-likeness (QED) is 0.664. The average Bonchev–Trinajstić information content (AvgIpc) is 2.29. The largest absolute Gasteiger partial charge is 0.493 e. The molecule has 0 fully saturated rings. The topological polar surface area (TPSA) is 75.7 Å². The fraction of sp³-hybridized carbons (Fsp3) is 0.500. The van der Waals surface area contributed by atoms with Crippen LogP contribution in [0.4, 0.5) is 0 Å². The van der Waals surface area contributed by atoms with Crippen molar-refractivity contribution >= 4 is 0 Å². The zero-order valence-corrected chi connectivity index (χ0v) is 9.52. The molecule has 0 radical (unpaired) electrons. The molecule has 0 saturated heterocycles. The molecule has 1 aromatic rings. The second kappa shape index (κ2) is 5.84. The van der Waals surface area contributed by atoms with Gasteiger partial charge in [0.1, 0.15) is 5.75 Å². The smallest absolute Gasteiger partial charge is 0.124 e. The van der Waals surface area contributed by atoms with E-state index in [0.717, 1.165) is 5.56 Å². The van der Waals surface area contributed by atoms with Crippen LogP contribution in [0.3, 0.4) is 0 Å². The fourth-order valence-electron chi connectivity index (χ4n) is 1.26. The summed E-state index contributed by atoms with van der Waals surface area (Å²) in [7, 11) is 0. The van der Waals surface area contributed by atoms with Gasteiger partial charge in [-0.15, -0.1) is 0 Å². The van der Waals surface area contributed by atoms with Crippen LogP contribution < -0.4 is 10.5 Å². The molecule has 1 atom stereocenters. The van der Waals surface area contributed by atoms with Gasteiger partial charge in [-0.05, 0) is 13.0 Å². The molecule has 0 aliphatic rings. The van der Waals surface area contributed by atoms with Crippen molar-refractivity contribution in [2.45, 2.75) is 25.6 Å². The maximum Gasteiger partial charge on any atom is 0.124 e. The van der Waals surface area contributed by atoms with Crippen molar-refractivity contribution in [3.05, 3.63) is 29.8 Å². The summed E-state index contributed by atoms with van der Waals surface area (Å²) >= 11 is 0. The first-order valence-corrected chi connectivity index (χ1v) is 5.33. The van der Waals surface area contributed by atoms with E-state index < -0.39 is 5.60 Å². The van der Waals surface area contributed by atoms with Crippen molar-refractivity contribution in [2.24, 2.45) is 5.73 Å². The van der Waals surface area contributed by atoms with Crippen LogP contribution in [0.2, 0.25) is 0 Å². The Balaban J connectivity index is 2.49. The predicted molar refractivity (Wildman–Crippen MR) is 62.2 cm³/mol. The van der Waals surface area contributed by atoms with Crippen molar-refractivity contribution in [3.8, 4) is 5.75 Å². The lowest BCUT2D eigenvalue weighted by Gasteiger charge is -2.21. The molecule has 0 aliphatic heterocycles. The van der Waals surface area contributed by atoms with Crippen molar-refractivity contribution < 1.29 is 14.9 Å². The first kappa shape index (κ1) is 13.0. The number of hydrogen-bond donors (Lipinski definition) is 3. The monoisotopic (exact) mass is 225 g/mol. The van der Waals surface area contributed by atoms with Crippen molar-refractivity contribution in [1.29, 1.82) is 0 Å². The van der Waals surface area contributed by atoms with Gasteiger partial charge >= 0.3 is 0 Å². The number of rotatable bonds is 6. The molecular formula is C12H19NO3. The van der Waals surface area contributed by atoms with Gasteiger partial charge in [0.05, 0.1) is 18.8 Å². The molecule has 1 aromatic carbocycles. The zero-order chi connectivity index (χ0) is 12.0. The molecule has 0 amide bonds. The lowest BCUT2D eigenvalue weighted by atomic mass is 10.0. The molecule has 4 heteroatoms. The third kappa shape index (κ3) is 3.81. The summed E-state index contributed by atoms with van der Waals surface area (Å²) in [4.78, 5) is 0. The molecule has 0 heterocycles. The Labute approximate surface area is 95.7 Å². The highest BCUT2D eigenvalue weighted by Crippen LogP contribution is 2.18. The summed E-state index contributed by atoms with van der Waals surface area (Å²) in [5.41, 5.74) is 5.25. The number of hydrogen-bond acceptors (Lipinski definition) is 4. The van der Waals surface area contributed by atoms with Crippen molar-refractivity contribution in [2.75, 3.05) is 13.2 Å². The zero-order valence-electron chi connectivity index (χ0n) is 9.52. The standard InChI is InChI=1S/C12H19NO3/c1-12(15,9-13)6-7-16-11-5-3-2-4-10(11)8-14/h2-5,14-15H,6-9,13H2,1H3. The lowest BCUT2D eigenvalue weighted by molar-refractivity contribution is 0.0451. The van der Waals surface area contributed by atoms with E-state index in [2.05, 4.69) is 0 Å². The summed E-state index contributed by atoms with van der Waals surface area (Å²) in [6.07, 6.45) is 0.462. The van der Waals surface area contributed by atoms with Crippen molar-refractivity contribution in [1.82, 2.24) is 0 Å². The van der Waals surface area contributed by atoms with Gasteiger partial charge in [0.25, 0.3) is 0 Å². The van der Waals surface area contributed by atoms with E-state index in [4.69, 9.17) is 15.6 Å². The summed E-state index contributed by atoms with van der Waals surface area (Å²) in [6.45, 7) is 2.21. The number of nitrogens with two attached hydrogens (primary N) is 1. The van der Waals surface area contributed by atoms with E-state index in [1.807, 2.05) is 12.1 Å². The van der Waals surface area contributed by atoms with Gasteiger partial charge in [-0.1, -0.05) is 18.2 Å².